The Morgan fingerprint density at radius 2 is 0.812 bits per heavy atom. The van der Waals surface area contributed by atoms with E-state index in [1.807, 2.05) is 0 Å². The Kier molecular flexibility index (Phi) is 5.91. The molecule has 0 atom stereocenters. The third-order valence-corrected chi connectivity index (χ3v) is 9.88. The highest BCUT2D eigenvalue weighted by molar-refractivity contribution is 6.13. The minimum Gasteiger partial charge on any atom is -0.309 e. The standard InChI is InChI=1S/C46H30N2/c1-3-13-31(14-4-1)41-30-36(27-34-15-7-8-18-37(34)41)48-43-21-11-9-19-38(43)40-25-23-33(29-46(40)48)32-24-26-45-42(28-32)39-20-10-12-22-44(39)47(45)35-16-5-2-6-17-35/h1-30H. The van der Waals surface area contributed by atoms with Crippen molar-refractivity contribution in [2.45, 2.75) is 0 Å². The number of para-hydroxylation sites is 3. The molecule has 0 fully saturated rings. The lowest BCUT2D eigenvalue weighted by Gasteiger charge is -2.14. The average Bonchev–Trinajstić information content (AvgIpc) is 3.67. The van der Waals surface area contributed by atoms with Gasteiger partial charge in [0.25, 0.3) is 0 Å². The molecule has 0 radical (unpaired) electrons. The molecule has 224 valence electrons. The minimum atomic E-state index is 1.16. The molecule has 2 aromatic heterocycles. The van der Waals surface area contributed by atoms with E-state index >= 15 is 0 Å². The Bertz CT molecular complexity index is 2820. The van der Waals surface area contributed by atoms with E-state index in [2.05, 4.69) is 191 Å². The van der Waals surface area contributed by atoms with Crippen LogP contribution in [0.1, 0.15) is 0 Å². The first-order valence-corrected chi connectivity index (χ1v) is 16.5. The lowest BCUT2D eigenvalue weighted by Crippen LogP contribution is -1.96. The molecule has 0 unspecified atom stereocenters. The van der Waals surface area contributed by atoms with Crippen LogP contribution in [0, 0.1) is 0 Å². The molecule has 10 aromatic rings. The first kappa shape index (κ1) is 26.8. The van der Waals surface area contributed by atoms with E-state index in [9.17, 15) is 0 Å². The number of fused-ring (bicyclic) bond motifs is 7. The molecule has 0 saturated heterocycles. The SMILES string of the molecule is c1ccc(-c2cc(-n3c4ccccc4c4ccc(-c5ccc6c(c5)c5ccccc5n6-c5ccccc5)cc43)cc3ccccc23)cc1. The number of hydrogen-bond acceptors (Lipinski definition) is 0. The lowest BCUT2D eigenvalue weighted by atomic mass is 9.97. The predicted octanol–water partition coefficient (Wildman–Crippen LogP) is 12.4. The summed E-state index contributed by atoms with van der Waals surface area (Å²) in [7, 11) is 0. The normalized spacial score (nSPS) is 11.8. The van der Waals surface area contributed by atoms with Crippen molar-refractivity contribution in [2.75, 3.05) is 0 Å². The van der Waals surface area contributed by atoms with Gasteiger partial charge in [0.05, 0.1) is 22.1 Å². The largest absolute Gasteiger partial charge is 0.309 e. The molecule has 10 rings (SSSR count). The number of nitrogens with zero attached hydrogens (tertiary/aromatic N) is 2. The first-order valence-electron chi connectivity index (χ1n) is 16.5. The van der Waals surface area contributed by atoms with Gasteiger partial charge in [0.2, 0.25) is 0 Å². The van der Waals surface area contributed by atoms with Crippen LogP contribution in [0.5, 0.6) is 0 Å². The van der Waals surface area contributed by atoms with E-state index in [0.29, 0.717) is 0 Å². The van der Waals surface area contributed by atoms with Crippen LogP contribution in [0.3, 0.4) is 0 Å². The van der Waals surface area contributed by atoms with Gasteiger partial charge in [-0.2, -0.15) is 0 Å². The van der Waals surface area contributed by atoms with Gasteiger partial charge in [-0.05, 0) is 87.6 Å². The van der Waals surface area contributed by atoms with Crippen molar-refractivity contribution in [3.63, 3.8) is 0 Å². The van der Waals surface area contributed by atoms with Crippen molar-refractivity contribution in [1.29, 1.82) is 0 Å². The van der Waals surface area contributed by atoms with Crippen LogP contribution < -0.4 is 0 Å². The van der Waals surface area contributed by atoms with Crippen molar-refractivity contribution in [3.05, 3.63) is 182 Å². The average molecular weight is 611 g/mol. The topological polar surface area (TPSA) is 9.86 Å². The maximum absolute atomic E-state index is 2.45. The fourth-order valence-electron chi connectivity index (χ4n) is 7.72. The van der Waals surface area contributed by atoms with Gasteiger partial charge in [0.1, 0.15) is 0 Å². The number of benzene rings is 8. The quantitative estimate of drug-likeness (QED) is 0.188. The molecular formula is C46H30N2. The van der Waals surface area contributed by atoms with Crippen molar-refractivity contribution in [2.24, 2.45) is 0 Å². The summed E-state index contributed by atoms with van der Waals surface area (Å²) in [5.41, 5.74) is 12.1. The van der Waals surface area contributed by atoms with Crippen LogP contribution in [0.4, 0.5) is 0 Å². The minimum absolute atomic E-state index is 1.16. The Morgan fingerprint density at radius 3 is 1.58 bits per heavy atom. The Hall–Kier alpha value is -6.38. The van der Waals surface area contributed by atoms with Crippen molar-refractivity contribution >= 4 is 54.4 Å². The van der Waals surface area contributed by atoms with Gasteiger partial charge in [-0.15, -0.1) is 0 Å². The molecule has 0 N–H and O–H groups in total. The molecular weight excluding hydrogens is 581 g/mol. The highest BCUT2D eigenvalue weighted by Crippen LogP contribution is 2.40. The molecule has 0 saturated carbocycles. The summed E-state index contributed by atoms with van der Waals surface area (Å²) in [6, 6.07) is 66.3. The Morgan fingerprint density at radius 1 is 0.271 bits per heavy atom. The maximum Gasteiger partial charge on any atom is 0.0547 e. The van der Waals surface area contributed by atoms with Crippen molar-refractivity contribution in [1.82, 2.24) is 9.13 Å². The fourth-order valence-corrected chi connectivity index (χ4v) is 7.72. The second-order valence-electron chi connectivity index (χ2n) is 12.6. The van der Waals surface area contributed by atoms with Crippen LogP contribution in [-0.4, -0.2) is 9.13 Å². The monoisotopic (exact) mass is 610 g/mol. The van der Waals surface area contributed by atoms with Crippen LogP contribution in [0.15, 0.2) is 182 Å². The summed E-state index contributed by atoms with van der Waals surface area (Å²) in [4.78, 5) is 0. The Balaban J connectivity index is 1.22. The van der Waals surface area contributed by atoms with E-state index in [1.54, 1.807) is 0 Å². The van der Waals surface area contributed by atoms with E-state index < -0.39 is 0 Å². The number of hydrogen-bond donors (Lipinski definition) is 0. The second-order valence-corrected chi connectivity index (χ2v) is 12.6. The lowest BCUT2D eigenvalue weighted by molar-refractivity contribution is 1.18. The highest BCUT2D eigenvalue weighted by atomic mass is 15.0. The third kappa shape index (κ3) is 4.06. The second kappa shape index (κ2) is 10.6. The van der Waals surface area contributed by atoms with Gasteiger partial charge in [-0.25, -0.2) is 0 Å². The zero-order chi connectivity index (χ0) is 31.6. The smallest absolute Gasteiger partial charge is 0.0547 e. The van der Waals surface area contributed by atoms with Gasteiger partial charge >= 0.3 is 0 Å². The molecule has 48 heavy (non-hydrogen) atoms. The summed E-state index contributed by atoms with van der Waals surface area (Å²) >= 11 is 0. The predicted molar refractivity (Wildman–Crippen MR) is 203 cm³/mol. The van der Waals surface area contributed by atoms with Gasteiger partial charge in [0.15, 0.2) is 0 Å². The van der Waals surface area contributed by atoms with Gasteiger partial charge < -0.3 is 9.13 Å². The Labute approximate surface area is 278 Å². The summed E-state index contributed by atoms with van der Waals surface area (Å²) in [6.07, 6.45) is 0. The van der Waals surface area contributed by atoms with E-state index in [-0.39, 0.29) is 0 Å². The summed E-state index contributed by atoms with van der Waals surface area (Å²) < 4.78 is 4.83. The zero-order valence-electron chi connectivity index (χ0n) is 26.2. The first-order chi connectivity index (χ1) is 23.8. The molecule has 8 aromatic carbocycles. The van der Waals surface area contributed by atoms with E-state index in [4.69, 9.17) is 0 Å². The van der Waals surface area contributed by atoms with Crippen molar-refractivity contribution < 1.29 is 0 Å². The van der Waals surface area contributed by atoms with Crippen LogP contribution in [0.2, 0.25) is 0 Å². The number of aromatic nitrogens is 2. The molecule has 0 spiro atoms. The summed E-state index contributed by atoms with van der Waals surface area (Å²) in [5.74, 6) is 0. The maximum atomic E-state index is 2.45. The third-order valence-electron chi connectivity index (χ3n) is 9.88. The molecule has 0 aliphatic carbocycles. The molecule has 2 nitrogen and oxygen atoms in total. The van der Waals surface area contributed by atoms with Gasteiger partial charge in [0, 0.05) is 32.9 Å². The molecule has 2 heteroatoms. The molecule has 2 heterocycles. The van der Waals surface area contributed by atoms with Crippen LogP contribution >= 0.6 is 0 Å². The molecule has 0 aliphatic heterocycles. The van der Waals surface area contributed by atoms with E-state index in [1.165, 1.54) is 82.3 Å². The molecule has 0 aliphatic rings. The summed E-state index contributed by atoms with van der Waals surface area (Å²) in [5, 5.41) is 7.53. The van der Waals surface area contributed by atoms with E-state index in [0.717, 1.165) is 5.69 Å². The summed E-state index contributed by atoms with van der Waals surface area (Å²) in [6.45, 7) is 0. The molecule has 0 amide bonds. The van der Waals surface area contributed by atoms with Crippen LogP contribution in [0.25, 0.3) is 88.0 Å². The number of rotatable bonds is 4. The van der Waals surface area contributed by atoms with Crippen molar-refractivity contribution in [3.8, 4) is 33.6 Å². The van der Waals surface area contributed by atoms with Gasteiger partial charge in [-0.3, -0.25) is 0 Å². The fraction of sp³-hybridized carbons (Fsp3) is 0. The van der Waals surface area contributed by atoms with Gasteiger partial charge in [-0.1, -0.05) is 127 Å². The van der Waals surface area contributed by atoms with Crippen LogP contribution in [-0.2, 0) is 0 Å². The zero-order valence-corrected chi connectivity index (χ0v) is 26.2. The highest BCUT2D eigenvalue weighted by Gasteiger charge is 2.17. The molecule has 0 bridgehead atoms.